The predicted molar refractivity (Wildman–Crippen MR) is 96.8 cm³/mol. The summed E-state index contributed by atoms with van der Waals surface area (Å²) in [5.74, 6) is 1.02. The fourth-order valence-corrected chi connectivity index (χ4v) is 3.30. The van der Waals surface area contributed by atoms with Crippen molar-refractivity contribution in [1.82, 2.24) is 15.2 Å². The molecule has 122 valence electrons. The van der Waals surface area contributed by atoms with Gasteiger partial charge in [-0.1, -0.05) is 38.1 Å². The molecule has 1 N–H and O–H groups in total. The van der Waals surface area contributed by atoms with Crippen molar-refractivity contribution >= 4 is 16.9 Å². The number of rotatable bonds is 3. The van der Waals surface area contributed by atoms with E-state index in [0.717, 1.165) is 37.5 Å². The highest BCUT2D eigenvalue weighted by Crippen LogP contribution is 2.28. The molecule has 1 aliphatic heterocycles. The number of nitrogens with one attached hydrogen (secondary N) is 1. The van der Waals surface area contributed by atoms with Crippen LogP contribution in [0.4, 0.5) is 0 Å². The van der Waals surface area contributed by atoms with E-state index in [1.165, 1.54) is 17.4 Å². The second-order valence-electron chi connectivity index (χ2n) is 7.05. The number of hydrogen-bond acceptors (Lipinski definition) is 2. The molecule has 0 bridgehead atoms. The van der Waals surface area contributed by atoms with E-state index in [0.29, 0.717) is 5.41 Å². The van der Waals surface area contributed by atoms with Crippen LogP contribution in [0, 0.1) is 5.41 Å². The van der Waals surface area contributed by atoms with Gasteiger partial charge in [-0.05, 0) is 29.9 Å². The Kier molecular flexibility index (Phi) is 4.51. The van der Waals surface area contributed by atoms with Crippen LogP contribution in [0.5, 0.6) is 0 Å². The second kappa shape index (κ2) is 6.57. The summed E-state index contributed by atoms with van der Waals surface area (Å²) in [6.07, 6.45) is 4.04. The number of fused-ring (bicyclic) bond motifs is 1. The van der Waals surface area contributed by atoms with Crippen LogP contribution < -0.4 is 5.32 Å². The summed E-state index contributed by atoms with van der Waals surface area (Å²) in [6.45, 7) is 7.67. The summed E-state index contributed by atoms with van der Waals surface area (Å²) in [7, 11) is 1.87. The van der Waals surface area contributed by atoms with E-state index in [1.54, 1.807) is 0 Å². The van der Waals surface area contributed by atoms with Crippen LogP contribution >= 0.6 is 0 Å². The first-order chi connectivity index (χ1) is 11.1. The summed E-state index contributed by atoms with van der Waals surface area (Å²) >= 11 is 0. The lowest BCUT2D eigenvalue weighted by molar-refractivity contribution is 0.370. The molecule has 0 unspecified atom stereocenters. The van der Waals surface area contributed by atoms with Crippen molar-refractivity contribution in [3.63, 3.8) is 0 Å². The highest BCUT2D eigenvalue weighted by atomic mass is 15.3. The van der Waals surface area contributed by atoms with Gasteiger partial charge in [0.15, 0.2) is 5.96 Å². The molecule has 0 spiro atoms. The lowest BCUT2D eigenvalue weighted by Crippen LogP contribution is -2.41. The maximum absolute atomic E-state index is 4.53. The number of aromatic nitrogens is 1. The first kappa shape index (κ1) is 15.8. The zero-order valence-corrected chi connectivity index (χ0v) is 14.3. The molecule has 4 nitrogen and oxygen atoms in total. The Balaban J connectivity index is 1.62. The molecular weight excluding hydrogens is 284 g/mol. The van der Waals surface area contributed by atoms with Crippen LogP contribution in [0.3, 0.4) is 0 Å². The van der Waals surface area contributed by atoms with E-state index in [9.17, 15) is 0 Å². The number of hydrogen-bond donors (Lipinski definition) is 1. The molecular formula is C19H26N4. The Morgan fingerprint density at radius 1 is 1.30 bits per heavy atom. The molecule has 0 radical (unpaired) electrons. The minimum Gasteiger partial charge on any atom is -0.356 e. The van der Waals surface area contributed by atoms with E-state index in [2.05, 4.69) is 58.3 Å². The van der Waals surface area contributed by atoms with Gasteiger partial charge in [-0.2, -0.15) is 0 Å². The van der Waals surface area contributed by atoms with Crippen LogP contribution in [0.2, 0.25) is 0 Å². The number of nitrogens with zero attached hydrogens (tertiary/aromatic N) is 3. The minimum atomic E-state index is 0.386. The van der Waals surface area contributed by atoms with E-state index < -0.39 is 0 Å². The Hall–Kier alpha value is -2.10. The van der Waals surface area contributed by atoms with Crippen molar-refractivity contribution < 1.29 is 0 Å². The normalized spacial score (nSPS) is 17.7. The van der Waals surface area contributed by atoms with Crippen molar-refractivity contribution in [3.05, 3.63) is 42.1 Å². The number of aliphatic imine (C=N–C) groups is 1. The molecule has 23 heavy (non-hydrogen) atoms. The number of likely N-dealkylation sites (tertiary alicyclic amines) is 1. The molecule has 1 aliphatic rings. The van der Waals surface area contributed by atoms with Crippen LogP contribution in [0.25, 0.3) is 10.9 Å². The molecule has 1 fully saturated rings. The predicted octanol–water partition coefficient (Wildman–Crippen LogP) is 3.08. The second-order valence-corrected chi connectivity index (χ2v) is 7.05. The third-order valence-electron chi connectivity index (χ3n) is 4.58. The van der Waals surface area contributed by atoms with Crippen molar-refractivity contribution in [2.24, 2.45) is 10.4 Å². The zero-order valence-electron chi connectivity index (χ0n) is 14.3. The van der Waals surface area contributed by atoms with Crippen LogP contribution in [-0.4, -0.2) is 42.5 Å². The monoisotopic (exact) mass is 310 g/mol. The molecule has 2 aromatic rings. The molecule has 0 atom stereocenters. The average Bonchev–Trinajstić information content (AvgIpc) is 2.91. The van der Waals surface area contributed by atoms with Crippen LogP contribution in [0.1, 0.15) is 25.8 Å². The van der Waals surface area contributed by atoms with Crippen molar-refractivity contribution in [1.29, 1.82) is 0 Å². The van der Waals surface area contributed by atoms with Crippen molar-refractivity contribution in [3.8, 4) is 0 Å². The Bertz CT molecular complexity index is 700. The molecule has 1 aromatic heterocycles. The smallest absolute Gasteiger partial charge is 0.193 e. The number of benzene rings is 1. The molecule has 1 saturated heterocycles. The van der Waals surface area contributed by atoms with Gasteiger partial charge in [-0.3, -0.25) is 9.98 Å². The van der Waals surface area contributed by atoms with E-state index >= 15 is 0 Å². The fourth-order valence-electron chi connectivity index (χ4n) is 3.30. The molecule has 0 saturated carbocycles. The average molecular weight is 310 g/mol. The Morgan fingerprint density at radius 2 is 2.13 bits per heavy atom. The number of guanidine groups is 1. The highest BCUT2D eigenvalue weighted by molar-refractivity contribution is 5.82. The fraction of sp³-hybridized carbons (Fsp3) is 0.474. The lowest BCUT2D eigenvalue weighted by atomic mass is 9.93. The quantitative estimate of drug-likeness (QED) is 0.699. The molecule has 3 rings (SSSR count). The van der Waals surface area contributed by atoms with E-state index in [1.807, 2.05) is 19.3 Å². The number of pyridine rings is 1. The maximum Gasteiger partial charge on any atom is 0.193 e. The summed E-state index contributed by atoms with van der Waals surface area (Å²) < 4.78 is 0. The SMILES string of the molecule is CN=C(NCCc1cccc2cccnc12)N1CCC(C)(C)C1. The maximum atomic E-state index is 4.53. The van der Waals surface area contributed by atoms with Crippen LogP contribution in [0.15, 0.2) is 41.5 Å². The Labute approximate surface area is 138 Å². The van der Waals surface area contributed by atoms with Crippen molar-refractivity contribution in [2.75, 3.05) is 26.7 Å². The van der Waals surface area contributed by atoms with Gasteiger partial charge in [0, 0.05) is 38.3 Å². The third-order valence-corrected chi connectivity index (χ3v) is 4.58. The Morgan fingerprint density at radius 3 is 2.87 bits per heavy atom. The zero-order chi connectivity index (χ0) is 16.3. The highest BCUT2D eigenvalue weighted by Gasteiger charge is 2.30. The topological polar surface area (TPSA) is 40.5 Å². The first-order valence-corrected chi connectivity index (χ1v) is 8.37. The largest absolute Gasteiger partial charge is 0.356 e. The van der Waals surface area contributed by atoms with Gasteiger partial charge in [-0.25, -0.2) is 0 Å². The van der Waals surface area contributed by atoms with E-state index in [4.69, 9.17) is 0 Å². The van der Waals surface area contributed by atoms with Gasteiger partial charge in [0.05, 0.1) is 5.52 Å². The lowest BCUT2D eigenvalue weighted by Gasteiger charge is -2.23. The molecule has 1 aromatic carbocycles. The minimum absolute atomic E-state index is 0.386. The van der Waals surface area contributed by atoms with Gasteiger partial charge < -0.3 is 10.2 Å². The van der Waals surface area contributed by atoms with Gasteiger partial charge in [0.25, 0.3) is 0 Å². The van der Waals surface area contributed by atoms with Crippen molar-refractivity contribution in [2.45, 2.75) is 26.7 Å². The van der Waals surface area contributed by atoms with Gasteiger partial charge in [0.2, 0.25) is 0 Å². The number of para-hydroxylation sites is 1. The molecule has 0 aliphatic carbocycles. The third kappa shape index (κ3) is 3.63. The van der Waals surface area contributed by atoms with Gasteiger partial charge in [-0.15, -0.1) is 0 Å². The molecule has 0 amide bonds. The van der Waals surface area contributed by atoms with E-state index in [-0.39, 0.29) is 0 Å². The first-order valence-electron chi connectivity index (χ1n) is 8.37. The standard InChI is InChI=1S/C19H26N4/c1-19(2)10-13-23(14-19)18(20-3)22-12-9-16-7-4-6-15-8-5-11-21-17(15)16/h4-8,11H,9-10,12-14H2,1-3H3,(H,20,22). The summed E-state index contributed by atoms with van der Waals surface area (Å²) in [5.41, 5.74) is 2.78. The summed E-state index contributed by atoms with van der Waals surface area (Å²) in [6, 6.07) is 10.5. The van der Waals surface area contributed by atoms with Gasteiger partial charge in [0.1, 0.15) is 0 Å². The molecule has 4 heteroatoms. The summed E-state index contributed by atoms with van der Waals surface area (Å²) in [5, 5.41) is 4.71. The molecule has 2 heterocycles. The van der Waals surface area contributed by atoms with Crippen LogP contribution in [-0.2, 0) is 6.42 Å². The van der Waals surface area contributed by atoms with Gasteiger partial charge >= 0.3 is 0 Å². The summed E-state index contributed by atoms with van der Waals surface area (Å²) in [4.78, 5) is 11.3.